The van der Waals surface area contributed by atoms with Gasteiger partial charge in [0.15, 0.2) is 11.5 Å². The van der Waals surface area contributed by atoms with Gasteiger partial charge < -0.3 is 14.8 Å². The number of nitrogens with zero attached hydrogens (tertiary/aromatic N) is 1. The fourth-order valence-electron chi connectivity index (χ4n) is 3.40. The molecule has 4 rings (SSSR count). The zero-order chi connectivity index (χ0) is 19.7. The molecule has 0 spiro atoms. The van der Waals surface area contributed by atoms with Crippen LogP contribution in [-0.4, -0.2) is 39.8 Å². The lowest BCUT2D eigenvalue weighted by molar-refractivity contribution is 0.102. The average Bonchev–Trinajstić information content (AvgIpc) is 2.68. The van der Waals surface area contributed by atoms with Crippen molar-refractivity contribution in [2.75, 3.05) is 35.1 Å². The predicted octanol–water partition coefficient (Wildman–Crippen LogP) is 2.95. The summed E-state index contributed by atoms with van der Waals surface area (Å²) in [6, 6.07) is 10.3. The summed E-state index contributed by atoms with van der Waals surface area (Å²) in [5.74, 6) is 1.07. The summed E-state index contributed by atoms with van der Waals surface area (Å²) >= 11 is 0. The van der Waals surface area contributed by atoms with Gasteiger partial charge in [0.25, 0.3) is 5.91 Å². The van der Waals surface area contributed by atoms with Crippen molar-refractivity contribution in [3.05, 3.63) is 47.5 Å². The highest BCUT2D eigenvalue weighted by molar-refractivity contribution is 7.92. The van der Waals surface area contributed by atoms with E-state index in [2.05, 4.69) is 5.32 Å². The Morgan fingerprint density at radius 1 is 1.04 bits per heavy atom. The molecule has 0 unspecified atom stereocenters. The van der Waals surface area contributed by atoms with Gasteiger partial charge in [0, 0.05) is 23.9 Å². The second-order valence-electron chi connectivity index (χ2n) is 6.91. The third-order valence-corrected chi connectivity index (χ3v) is 6.74. The van der Waals surface area contributed by atoms with Gasteiger partial charge in [-0.15, -0.1) is 0 Å². The number of hydrogen-bond acceptors (Lipinski definition) is 5. The maximum atomic E-state index is 12.7. The summed E-state index contributed by atoms with van der Waals surface area (Å²) in [6.45, 7) is 3.26. The normalized spacial score (nSPS) is 17.8. The van der Waals surface area contributed by atoms with Gasteiger partial charge in [-0.25, -0.2) is 8.42 Å². The lowest BCUT2D eigenvalue weighted by atomic mass is 10.1. The summed E-state index contributed by atoms with van der Waals surface area (Å²) in [6.07, 6.45) is 1.48. The quantitative estimate of drug-likeness (QED) is 0.853. The van der Waals surface area contributed by atoms with Gasteiger partial charge in [0.1, 0.15) is 13.2 Å². The number of anilines is 2. The Morgan fingerprint density at radius 2 is 1.82 bits per heavy atom. The van der Waals surface area contributed by atoms with Gasteiger partial charge in [-0.05, 0) is 49.6 Å². The summed E-state index contributed by atoms with van der Waals surface area (Å²) in [7, 11) is -3.34. The minimum atomic E-state index is -3.34. The van der Waals surface area contributed by atoms with E-state index in [-0.39, 0.29) is 11.7 Å². The van der Waals surface area contributed by atoms with Crippen molar-refractivity contribution in [2.24, 2.45) is 0 Å². The van der Waals surface area contributed by atoms with Crippen LogP contribution in [0.15, 0.2) is 36.4 Å². The summed E-state index contributed by atoms with van der Waals surface area (Å²) < 4.78 is 37.3. The van der Waals surface area contributed by atoms with E-state index in [0.29, 0.717) is 54.6 Å². The maximum absolute atomic E-state index is 12.7. The van der Waals surface area contributed by atoms with Crippen LogP contribution >= 0.6 is 0 Å². The maximum Gasteiger partial charge on any atom is 0.255 e. The number of rotatable bonds is 3. The van der Waals surface area contributed by atoms with Crippen LogP contribution in [0.1, 0.15) is 28.8 Å². The van der Waals surface area contributed by atoms with Crippen molar-refractivity contribution in [2.45, 2.75) is 19.8 Å². The number of carbonyl (C=O) groups excluding carboxylic acids is 1. The van der Waals surface area contributed by atoms with Crippen molar-refractivity contribution in [1.29, 1.82) is 0 Å². The number of benzene rings is 2. The molecule has 2 aliphatic rings. The molecule has 1 saturated heterocycles. The molecule has 2 aliphatic heterocycles. The number of fused-ring (bicyclic) bond motifs is 1. The van der Waals surface area contributed by atoms with Crippen LogP contribution in [-0.2, 0) is 10.0 Å². The Kier molecular flexibility index (Phi) is 4.89. The van der Waals surface area contributed by atoms with Crippen LogP contribution in [0.25, 0.3) is 0 Å². The van der Waals surface area contributed by atoms with E-state index in [4.69, 9.17) is 9.47 Å². The van der Waals surface area contributed by atoms with E-state index < -0.39 is 10.0 Å². The Balaban J connectivity index is 1.58. The zero-order valence-electron chi connectivity index (χ0n) is 15.6. The summed E-state index contributed by atoms with van der Waals surface area (Å²) in [5, 5.41) is 2.84. The number of amides is 1. The highest BCUT2D eigenvalue weighted by Crippen LogP contribution is 2.33. The van der Waals surface area contributed by atoms with Crippen molar-refractivity contribution in [3.8, 4) is 11.5 Å². The molecule has 2 aromatic carbocycles. The number of aryl methyl sites for hydroxylation is 1. The smallest absolute Gasteiger partial charge is 0.255 e. The van der Waals surface area contributed by atoms with E-state index in [1.54, 1.807) is 36.4 Å². The highest BCUT2D eigenvalue weighted by atomic mass is 32.2. The fourth-order valence-corrected chi connectivity index (χ4v) is 5.10. The molecule has 1 fully saturated rings. The van der Waals surface area contributed by atoms with E-state index in [0.717, 1.165) is 12.0 Å². The first-order chi connectivity index (χ1) is 13.4. The fraction of sp³-hybridized carbons (Fsp3) is 0.350. The molecule has 0 radical (unpaired) electrons. The van der Waals surface area contributed by atoms with Gasteiger partial charge in [0.05, 0.1) is 11.4 Å². The van der Waals surface area contributed by atoms with Gasteiger partial charge in [-0.2, -0.15) is 0 Å². The standard InChI is InChI=1S/C20H22N2O5S/c1-14-4-5-15(12-17(14)22-8-2-3-11-28(22,24)25)20(23)21-16-6-7-18-19(13-16)27-10-9-26-18/h4-7,12-13H,2-3,8-11H2,1H3,(H,21,23). The minimum Gasteiger partial charge on any atom is -0.486 e. The summed E-state index contributed by atoms with van der Waals surface area (Å²) in [5.41, 5.74) is 2.37. The van der Waals surface area contributed by atoms with Crippen molar-refractivity contribution in [3.63, 3.8) is 0 Å². The molecule has 0 saturated carbocycles. The molecule has 28 heavy (non-hydrogen) atoms. The first kappa shape index (κ1) is 18.6. The van der Waals surface area contributed by atoms with Gasteiger partial charge in [0.2, 0.25) is 10.0 Å². The van der Waals surface area contributed by atoms with Crippen LogP contribution in [0.4, 0.5) is 11.4 Å². The third kappa shape index (κ3) is 3.64. The number of hydrogen-bond donors (Lipinski definition) is 1. The number of sulfonamides is 1. The Hall–Kier alpha value is -2.74. The lowest BCUT2D eigenvalue weighted by Crippen LogP contribution is -2.38. The number of carbonyl (C=O) groups is 1. The monoisotopic (exact) mass is 402 g/mol. The largest absolute Gasteiger partial charge is 0.486 e. The predicted molar refractivity (Wildman–Crippen MR) is 107 cm³/mol. The third-order valence-electron chi connectivity index (χ3n) is 4.89. The van der Waals surface area contributed by atoms with Crippen LogP contribution in [0.5, 0.6) is 11.5 Å². The SMILES string of the molecule is Cc1ccc(C(=O)Nc2ccc3c(c2)OCCO3)cc1N1CCCCS1(=O)=O. The van der Waals surface area contributed by atoms with Crippen LogP contribution in [0.2, 0.25) is 0 Å². The zero-order valence-corrected chi connectivity index (χ0v) is 16.4. The molecule has 1 N–H and O–H groups in total. The number of nitrogens with one attached hydrogen (secondary N) is 1. The molecular formula is C20H22N2O5S. The topological polar surface area (TPSA) is 84.9 Å². The van der Waals surface area contributed by atoms with Crippen LogP contribution in [0.3, 0.4) is 0 Å². The molecule has 0 aromatic heterocycles. The molecule has 2 heterocycles. The molecule has 0 atom stereocenters. The Morgan fingerprint density at radius 3 is 2.61 bits per heavy atom. The van der Waals surface area contributed by atoms with Gasteiger partial charge in [-0.3, -0.25) is 9.10 Å². The minimum absolute atomic E-state index is 0.139. The molecule has 7 nitrogen and oxygen atoms in total. The molecular weight excluding hydrogens is 380 g/mol. The van der Waals surface area contributed by atoms with E-state index >= 15 is 0 Å². The summed E-state index contributed by atoms with van der Waals surface area (Å²) in [4.78, 5) is 12.7. The van der Waals surface area contributed by atoms with Gasteiger partial charge >= 0.3 is 0 Å². The van der Waals surface area contributed by atoms with E-state index in [9.17, 15) is 13.2 Å². The number of ether oxygens (including phenoxy) is 2. The molecule has 148 valence electrons. The van der Waals surface area contributed by atoms with Crippen LogP contribution < -0.4 is 19.1 Å². The Labute approximate surface area is 164 Å². The van der Waals surface area contributed by atoms with E-state index in [1.165, 1.54) is 4.31 Å². The molecule has 2 aromatic rings. The van der Waals surface area contributed by atoms with E-state index in [1.807, 2.05) is 6.92 Å². The van der Waals surface area contributed by atoms with Crippen molar-refractivity contribution < 1.29 is 22.7 Å². The molecule has 8 heteroatoms. The second-order valence-corrected chi connectivity index (χ2v) is 8.92. The van der Waals surface area contributed by atoms with Crippen LogP contribution in [0, 0.1) is 6.92 Å². The first-order valence-corrected chi connectivity index (χ1v) is 10.9. The molecule has 0 aliphatic carbocycles. The van der Waals surface area contributed by atoms with Crippen molar-refractivity contribution in [1.82, 2.24) is 0 Å². The second kappa shape index (κ2) is 7.35. The van der Waals surface area contributed by atoms with Gasteiger partial charge in [-0.1, -0.05) is 6.07 Å². The highest BCUT2D eigenvalue weighted by Gasteiger charge is 2.27. The lowest BCUT2D eigenvalue weighted by Gasteiger charge is -2.29. The van der Waals surface area contributed by atoms with Crippen molar-refractivity contribution >= 4 is 27.3 Å². The molecule has 1 amide bonds. The molecule has 0 bridgehead atoms. The average molecular weight is 402 g/mol. The first-order valence-electron chi connectivity index (χ1n) is 9.26. The Bertz CT molecular complexity index is 1020.